The van der Waals surface area contributed by atoms with Crippen LogP contribution in [0.15, 0.2) is 5.16 Å². The zero-order valence-corrected chi connectivity index (χ0v) is 13.2. The maximum Gasteiger partial charge on any atom is 0.240 e. The van der Waals surface area contributed by atoms with Crippen molar-refractivity contribution in [3.63, 3.8) is 0 Å². The molecule has 112 valence electrons. The summed E-state index contributed by atoms with van der Waals surface area (Å²) in [4.78, 5) is 18.2. The van der Waals surface area contributed by atoms with Gasteiger partial charge in [0.25, 0.3) is 0 Å². The van der Waals surface area contributed by atoms with Crippen molar-refractivity contribution in [1.29, 1.82) is 0 Å². The summed E-state index contributed by atoms with van der Waals surface area (Å²) in [6.45, 7) is 4.32. The van der Waals surface area contributed by atoms with E-state index in [0.29, 0.717) is 17.6 Å². The van der Waals surface area contributed by atoms with E-state index in [0.717, 1.165) is 36.8 Å². The van der Waals surface area contributed by atoms with Crippen LogP contribution in [0.3, 0.4) is 0 Å². The number of hydrogen-bond acceptors (Lipinski definition) is 7. The van der Waals surface area contributed by atoms with Gasteiger partial charge in [-0.15, -0.1) is 0 Å². The fourth-order valence-electron chi connectivity index (χ4n) is 2.08. The van der Waals surface area contributed by atoms with Crippen LogP contribution in [0, 0.1) is 5.92 Å². The summed E-state index contributed by atoms with van der Waals surface area (Å²) in [6, 6.07) is 0. The SMILES string of the molecule is CCCSc1nsc(NC(=O)CN2CCC(CO)C2)n1. The Kier molecular flexibility index (Phi) is 6.21. The van der Waals surface area contributed by atoms with Gasteiger partial charge in [0, 0.05) is 30.4 Å². The first-order valence-corrected chi connectivity index (χ1v) is 8.56. The molecule has 1 atom stereocenters. The second kappa shape index (κ2) is 7.92. The van der Waals surface area contributed by atoms with Crippen molar-refractivity contribution in [1.82, 2.24) is 14.3 Å². The number of aromatic nitrogens is 2. The van der Waals surface area contributed by atoms with Crippen LogP contribution in [0.4, 0.5) is 5.13 Å². The van der Waals surface area contributed by atoms with Crippen LogP contribution in [0.5, 0.6) is 0 Å². The number of hydrogen-bond donors (Lipinski definition) is 2. The number of amides is 1. The molecular formula is C12H20N4O2S2. The number of rotatable bonds is 7. The lowest BCUT2D eigenvalue weighted by atomic mass is 10.1. The van der Waals surface area contributed by atoms with E-state index >= 15 is 0 Å². The van der Waals surface area contributed by atoms with Gasteiger partial charge in [0.05, 0.1) is 6.54 Å². The number of carbonyl (C=O) groups is 1. The summed E-state index contributed by atoms with van der Waals surface area (Å²) in [5.41, 5.74) is 0. The summed E-state index contributed by atoms with van der Waals surface area (Å²) in [6.07, 6.45) is 2.03. The summed E-state index contributed by atoms with van der Waals surface area (Å²) in [5.74, 6) is 1.23. The number of nitrogens with one attached hydrogen (secondary N) is 1. The molecule has 1 aromatic rings. The molecule has 8 heteroatoms. The number of nitrogens with zero attached hydrogens (tertiary/aromatic N) is 3. The zero-order valence-electron chi connectivity index (χ0n) is 11.5. The van der Waals surface area contributed by atoms with E-state index < -0.39 is 0 Å². The molecule has 2 N–H and O–H groups in total. The minimum atomic E-state index is -0.0632. The highest BCUT2D eigenvalue weighted by Crippen LogP contribution is 2.21. The molecule has 0 aromatic carbocycles. The first-order chi connectivity index (χ1) is 9.71. The highest BCUT2D eigenvalue weighted by Gasteiger charge is 2.23. The van der Waals surface area contributed by atoms with Gasteiger partial charge in [-0.25, -0.2) is 0 Å². The van der Waals surface area contributed by atoms with E-state index in [9.17, 15) is 4.79 Å². The van der Waals surface area contributed by atoms with Crippen molar-refractivity contribution in [2.45, 2.75) is 24.9 Å². The fraction of sp³-hybridized carbons (Fsp3) is 0.750. The quantitative estimate of drug-likeness (QED) is 0.738. The molecule has 1 aromatic heterocycles. The third-order valence-corrected chi connectivity index (χ3v) is 4.88. The van der Waals surface area contributed by atoms with Gasteiger partial charge in [-0.2, -0.15) is 9.36 Å². The lowest BCUT2D eigenvalue weighted by molar-refractivity contribution is -0.117. The highest BCUT2D eigenvalue weighted by molar-refractivity contribution is 7.99. The molecule has 0 bridgehead atoms. The molecule has 20 heavy (non-hydrogen) atoms. The van der Waals surface area contributed by atoms with Gasteiger partial charge in [-0.05, 0) is 25.3 Å². The minimum Gasteiger partial charge on any atom is -0.396 e. The molecule has 1 amide bonds. The lowest BCUT2D eigenvalue weighted by Crippen LogP contribution is -2.31. The standard InChI is InChI=1S/C12H20N4O2S2/c1-2-5-19-12-14-11(20-15-12)13-10(18)7-16-4-3-9(6-16)8-17/h9,17H,2-8H2,1H3,(H,13,14,15,18). The molecule has 1 saturated heterocycles. The minimum absolute atomic E-state index is 0.0632. The third kappa shape index (κ3) is 4.69. The average Bonchev–Trinajstić information content (AvgIpc) is 3.05. The van der Waals surface area contributed by atoms with Crippen LogP contribution in [-0.2, 0) is 4.79 Å². The van der Waals surface area contributed by atoms with Crippen LogP contribution in [0.1, 0.15) is 19.8 Å². The summed E-state index contributed by atoms with van der Waals surface area (Å²) in [7, 11) is 0. The number of likely N-dealkylation sites (tertiary alicyclic amines) is 1. The Morgan fingerprint density at radius 2 is 2.50 bits per heavy atom. The largest absolute Gasteiger partial charge is 0.396 e. The topological polar surface area (TPSA) is 78.4 Å². The van der Waals surface area contributed by atoms with E-state index in [1.807, 2.05) is 0 Å². The van der Waals surface area contributed by atoms with Gasteiger partial charge in [0.15, 0.2) is 0 Å². The second-order valence-corrected chi connectivity index (χ2v) is 6.67. The van der Waals surface area contributed by atoms with Gasteiger partial charge < -0.3 is 5.11 Å². The first kappa shape index (κ1) is 15.7. The highest BCUT2D eigenvalue weighted by atomic mass is 32.2. The molecular weight excluding hydrogens is 296 g/mol. The van der Waals surface area contributed by atoms with Gasteiger partial charge in [0.1, 0.15) is 0 Å². The Bertz CT molecular complexity index is 441. The van der Waals surface area contributed by atoms with Crippen molar-refractivity contribution in [2.75, 3.05) is 37.3 Å². The molecule has 1 unspecified atom stereocenters. The predicted octanol–water partition coefficient (Wildman–Crippen LogP) is 1.29. The maximum absolute atomic E-state index is 11.9. The Morgan fingerprint density at radius 1 is 1.65 bits per heavy atom. The summed E-state index contributed by atoms with van der Waals surface area (Å²) < 4.78 is 4.20. The molecule has 1 fully saturated rings. The Hall–Kier alpha value is -0.700. The lowest BCUT2D eigenvalue weighted by Gasteiger charge is -2.14. The van der Waals surface area contributed by atoms with Gasteiger partial charge in [-0.3, -0.25) is 15.0 Å². The van der Waals surface area contributed by atoms with Gasteiger partial charge >= 0.3 is 0 Å². The Labute approximate surface area is 127 Å². The molecule has 2 rings (SSSR count). The number of aliphatic hydroxyl groups excluding tert-OH is 1. The zero-order chi connectivity index (χ0) is 14.4. The average molecular weight is 316 g/mol. The van der Waals surface area contributed by atoms with Crippen LogP contribution in [-0.4, -0.2) is 57.3 Å². The van der Waals surface area contributed by atoms with Crippen LogP contribution in [0.25, 0.3) is 0 Å². The van der Waals surface area contributed by atoms with Crippen molar-refractivity contribution < 1.29 is 9.90 Å². The Morgan fingerprint density at radius 3 is 3.20 bits per heavy atom. The van der Waals surface area contributed by atoms with Crippen LogP contribution < -0.4 is 5.32 Å². The molecule has 0 spiro atoms. The van der Waals surface area contributed by atoms with E-state index in [-0.39, 0.29) is 12.5 Å². The number of aliphatic hydroxyl groups is 1. The first-order valence-electron chi connectivity index (χ1n) is 6.80. The molecule has 2 heterocycles. The normalized spacial score (nSPS) is 19.4. The molecule has 0 aliphatic carbocycles. The van der Waals surface area contributed by atoms with Crippen LogP contribution in [0.2, 0.25) is 0 Å². The van der Waals surface area contributed by atoms with E-state index in [4.69, 9.17) is 5.11 Å². The van der Waals surface area contributed by atoms with Crippen molar-refractivity contribution in [3.05, 3.63) is 0 Å². The van der Waals surface area contributed by atoms with E-state index in [2.05, 4.69) is 26.5 Å². The predicted molar refractivity (Wildman–Crippen MR) is 81.2 cm³/mol. The van der Waals surface area contributed by atoms with E-state index in [1.54, 1.807) is 11.8 Å². The number of anilines is 1. The Balaban J connectivity index is 1.75. The number of carbonyl (C=O) groups excluding carboxylic acids is 1. The molecule has 0 saturated carbocycles. The maximum atomic E-state index is 11.9. The van der Waals surface area contributed by atoms with Crippen molar-refractivity contribution in [3.8, 4) is 0 Å². The van der Waals surface area contributed by atoms with Gasteiger partial charge in [0.2, 0.25) is 16.2 Å². The van der Waals surface area contributed by atoms with E-state index in [1.165, 1.54) is 11.5 Å². The molecule has 1 aliphatic rings. The van der Waals surface area contributed by atoms with Gasteiger partial charge in [-0.1, -0.05) is 18.7 Å². The van der Waals surface area contributed by atoms with Crippen LogP contribution >= 0.6 is 23.3 Å². The number of thioether (sulfide) groups is 1. The fourth-order valence-corrected chi connectivity index (χ4v) is 3.50. The van der Waals surface area contributed by atoms with Crippen molar-refractivity contribution in [2.24, 2.45) is 5.92 Å². The molecule has 0 radical (unpaired) electrons. The smallest absolute Gasteiger partial charge is 0.240 e. The monoisotopic (exact) mass is 316 g/mol. The summed E-state index contributed by atoms with van der Waals surface area (Å²) >= 11 is 2.82. The second-order valence-electron chi connectivity index (χ2n) is 4.85. The molecule has 6 nitrogen and oxygen atoms in total. The molecule has 1 aliphatic heterocycles. The summed E-state index contributed by atoms with van der Waals surface area (Å²) in [5, 5.41) is 13.2. The van der Waals surface area contributed by atoms with Crippen molar-refractivity contribution >= 4 is 34.3 Å². The third-order valence-electron chi connectivity index (χ3n) is 3.08.